The monoisotopic (exact) mass is 270 g/mol. The van der Waals surface area contributed by atoms with Crippen LogP contribution in [0.1, 0.15) is 21.5 Å². The van der Waals surface area contributed by atoms with E-state index >= 15 is 0 Å². The lowest BCUT2D eigenvalue weighted by Crippen LogP contribution is -2.40. The van der Waals surface area contributed by atoms with Crippen LogP contribution in [0, 0.1) is 0 Å². The van der Waals surface area contributed by atoms with Crippen molar-refractivity contribution < 1.29 is 19.4 Å². The summed E-state index contributed by atoms with van der Waals surface area (Å²) in [5.41, 5.74) is -0.243. The maximum atomic E-state index is 11.9. The molecule has 0 radical (unpaired) electrons. The van der Waals surface area contributed by atoms with Gasteiger partial charge in [-0.3, -0.25) is 9.78 Å². The topological polar surface area (TPSA) is 80.7 Å². The van der Waals surface area contributed by atoms with Crippen LogP contribution in [0.5, 0.6) is 11.5 Å². The van der Waals surface area contributed by atoms with Crippen LogP contribution in [0.3, 0.4) is 0 Å². The Balaban J connectivity index is 1.88. The lowest BCUT2D eigenvalue weighted by Gasteiger charge is -2.24. The molecular weight excluding hydrogens is 260 g/mol. The van der Waals surface area contributed by atoms with Crippen LogP contribution < -0.4 is 14.8 Å². The second kappa shape index (κ2) is 3.71. The van der Waals surface area contributed by atoms with Crippen LogP contribution in [-0.4, -0.2) is 22.8 Å². The molecule has 1 atom stereocenters. The number of carbonyl (C=O) groups excluding carboxylic acids is 1. The zero-order chi connectivity index (χ0) is 13.7. The smallest absolute Gasteiger partial charge is 0.254 e. The Hall–Kier alpha value is -2.60. The summed E-state index contributed by atoms with van der Waals surface area (Å²) in [6, 6.07) is 6.63. The molecule has 2 N–H and O–H groups in total. The van der Waals surface area contributed by atoms with E-state index in [1.54, 1.807) is 24.3 Å². The van der Waals surface area contributed by atoms with E-state index in [0.717, 1.165) is 0 Å². The highest BCUT2D eigenvalue weighted by Crippen LogP contribution is 2.39. The number of aliphatic hydroxyl groups is 1. The van der Waals surface area contributed by atoms with Gasteiger partial charge in [0.1, 0.15) is 0 Å². The molecule has 1 amide bonds. The van der Waals surface area contributed by atoms with Crippen molar-refractivity contribution in [1.29, 1.82) is 0 Å². The SMILES string of the molecule is O=C1NC(O)(c2ccc3c(c2)OCO3)c2cnccc21. The van der Waals surface area contributed by atoms with Crippen molar-refractivity contribution in [3.8, 4) is 11.5 Å². The molecule has 100 valence electrons. The van der Waals surface area contributed by atoms with Gasteiger partial charge in [0.25, 0.3) is 5.91 Å². The van der Waals surface area contributed by atoms with Gasteiger partial charge in [0, 0.05) is 23.5 Å². The van der Waals surface area contributed by atoms with Crippen LogP contribution in [0.15, 0.2) is 36.7 Å². The molecule has 2 aliphatic heterocycles. The quantitative estimate of drug-likeness (QED) is 0.799. The van der Waals surface area contributed by atoms with Crippen molar-refractivity contribution in [2.24, 2.45) is 0 Å². The number of hydrogen-bond acceptors (Lipinski definition) is 5. The molecule has 0 bridgehead atoms. The number of amides is 1. The average molecular weight is 270 g/mol. The molecule has 1 aromatic carbocycles. The molecule has 0 saturated carbocycles. The fourth-order valence-corrected chi connectivity index (χ4v) is 2.53. The van der Waals surface area contributed by atoms with E-state index in [1.165, 1.54) is 12.4 Å². The predicted octanol–water partition coefficient (Wildman–Crippen LogP) is 0.747. The van der Waals surface area contributed by atoms with Gasteiger partial charge in [-0.1, -0.05) is 0 Å². The molecule has 2 aliphatic rings. The van der Waals surface area contributed by atoms with E-state index < -0.39 is 5.72 Å². The highest BCUT2D eigenvalue weighted by molar-refractivity contribution is 6.00. The molecule has 6 heteroatoms. The third kappa shape index (κ3) is 1.36. The van der Waals surface area contributed by atoms with Crippen molar-refractivity contribution in [3.05, 3.63) is 53.3 Å². The molecule has 6 nitrogen and oxygen atoms in total. The molecule has 3 heterocycles. The molecule has 0 aliphatic carbocycles. The van der Waals surface area contributed by atoms with Crippen LogP contribution in [0.2, 0.25) is 0 Å². The van der Waals surface area contributed by atoms with E-state index in [-0.39, 0.29) is 12.7 Å². The Morgan fingerprint density at radius 2 is 2.10 bits per heavy atom. The van der Waals surface area contributed by atoms with E-state index in [1.807, 2.05) is 0 Å². The minimum Gasteiger partial charge on any atom is -0.454 e. The minimum atomic E-state index is -1.60. The number of nitrogens with zero attached hydrogens (tertiary/aromatic N) is 1. The molecule has 2 aromatic rings. The second-order valence-electron chi connectivity index (χ2n) is 4.65. The summed E-state index contributed by atoms with van der Waals surface area (Å²) in [4.78, 5) is 15.9. The molecule has 0 spiro atoms. The van der Waals surface area contributed by atoms with Crippen molar-refractivity contribution in [2.45, 2.75) is 5.72 Å². The summed E-state index contributed by atoms with van der Waals surface area (Å²) >= 11 is 0. The minimum absolute atomic E-state index is 0.154. The fourth-order valence-electron chi connectivity index (χ4n) is 2.53. The summed E-state index contributed by atoms with van der Waals surface area (Å²) in [6.07, 6.45) is 3.00. The van der Waals surface area contributed by atoms with E-state index in [4.69, 9.17) is 9.47 Å². The number of aromatic nitrogens is 1. The van der Waals surface area contributed by atoms with Gasteiger partial charge in [0.05, 0.1) is 5.56 Å². The largest absolute Gasteiger partial charge is 0.454 e. The van der Waals surface area contributed by atoms with E-state index in [9.17, 15) is 9.90 Å². The molecule has 1 aromatic heterocycles. The van der Waals surface area contributed by atoms with Gasteiger partial charge < -0.3 is 19.9 Å². The van der Waals surface area contributed by atoms with Gasteiger partial charge in [-0.25, -0.2) is 0 Å². The first kappa shape index (κ1) is 11.2. The molecule has 20 heavy (non-hydrogen) atoms. The zero-order valence-electron chi connectivity index (χ0n) is 10.3. The van der Waals surface area contributed by atoms with Gasteiger partial charge in [0.2, 0.25) is 6.79 Å². The van der Waals surface area contributed by atoms with Gasteiger partial charge in [0.15, 0.2) is 17.2 Å². The molecule has 4 rings (SSSR count). The zero-order valence-corrected chi connectivity index (χ0v) is 10.3. The van der Waals surface area contributed by atoms with E-state index in [2.05, 4.69) is 10.3 Å². The third-order valence-electron chi connectivity index (χ3n) is 3.54. The van der Waals surface area contributed by atoms with Gasteiger partial charge in [-0.2, -0.15) is 0 Å². The number of benzene rings is 1. The number of fused-ring (bicyclic) bond motifs is 2. The Kier molecular flexibility index (Phi) is 2.08. The van der Waals surface area contributed by atoms with Crippen LogP contribution >= 0.6 is 0 Å². The summed E-state index contributed by atoms with van der Waals surface area (Å²) in [5.74, 6) is 0.832. The van der Waals surface area contributed by atoms with E-state index in [0.29, 0.717) is 28.2 Å². The maximum Gasteiger partial charge on any atom is 0.254 e. The lowest BCUT2D eigenvalue weighted by molar-refractivity contribution is 0.0472. The third-order valence-corrected chi connectivity index (χ3v) is 3.54. The first-order valence-electron chi connectivity index (χ1n) is 6.08. The fraction of sp³-hybridized carbons (Fsp3) is 0.143. The standard InChI is InChI=1S/C14H10N2O4/c17-13-9-3-4-15-6-10(9)14(18,16-13)8-1-2-11-12(5-8)20-7-19-11/h1-6,18H,7H2,(H,16,17). The van der Waals surface area contributed by atoms with Crippen molar-refractivity contribution in [1.82, 2.24) is 10.3 Å². The summed E-state index contributed by atoms with van der Waals surface area (Å²) < 4.78 is 10.5. The number of pyridine rings is 1. The predicted molar refractivity (Wildman–Crippen MR) is 67.3 cm³/mol. The second-order valence-corrected chi connectivity index (χ2v) is 4.65. The van der Waals surface area contributed by atoms with Crippen LogP contribution in [-0.2, 0) is 5.72 Å². The highest BCUT2D eigenvalue weighted by Gasteiger charge is 2.43. The summed E-state index contributed by atoms with van der Waals surface area (Å²) in [5, 5.41) is 13.4. The van der Waals surface area contributed by atoms with Crippen molar-refractivity contribution >= 4 is 5.91 Å². The Morgan fingerprint density at radius 3 is 3.00 bits per heavy atom. The number of carbonyl (C=O) groups is 1. The number of ether oxygens (including phenoxy) is 2. The van der Waals surface area contributed by atoms with Crippen LogP contribution in [0.4, 0.5) is 0 Å². The van der Waals surface area contributed by atoms with Gasteiger partial charge in [-0.15, -0.1) is 0 Å². The average Bonchev–Trinajstić information content (AvgIpc) is 3.03. The van der Waals surface area contributed by atoms with Gasteiger partial charge >= 0.3 is 0 Å². The molecule has 0 fully saturated rings. The lowest BCUT2D eigenvalue weighted by atomic mass is 9.96. The molecular formula is C14H10N2O4. The molecule has 1 unspecified atom stereocenters. The Labute approximate surface area is 114 Å². The van der Waals surface area contributed by atoms with Crippen LogP contribution in [0.25, 0.3) is 0 Å². The summed E-state index contributed by atoms with van der Waals surface area (Å²) in [6.45, 7) is 0.154. The van der Waals surface area contributed by atoms with Crippen molar-refractivity contribution in [3.63, 3.8) is 0 Å². The van der Waals surface area contributed by atoms with Crippen molar-refractivity contribution in [2.75, 3.05) is 6.79 Å². The number of nitrogens with one attached hydrogen (secondary N) is 1. The van der Waals surface area contributed by atoms with Gasteiger partial charge in [-0.05, 0) is 24.3 Å². The first-order valence-corrected chi connectivity index (χ1v) is 6.08. The maximum absolute atomic E-state index is 11.9. The first-order chi connectivity index (χ1) is 9.68. The highest BCUT2D eigenvalue weighted by atomic mass is 16.7. The summed E-state index contributed by atoms with van der Waals surface area (Å²) in [7, 11) is 0. The number of hydrogen-bond donors (Lipinski definition) is 2. The normalized spacial score (nSPS) is 22.6. The Morgan fingerprint density at radius 1 is 1.25 bits per heavy atom. The number of rotatable bonds is 1. The molecule has 0 saturated heterocycles. The Bertz CT molecular complexity index is 731.